The molecule has 3 aromatic carbocycles. The molecular formula is C29H29Cl3N2O. The quantitative estimate of drug-likeness (QED) is 0.344. The average Bonchev–Trinajstić information content (AvgIpc) is 2.89. The van der Waals surface area contributed by atoms with Crippen molar-refractivity contribution in [3.63, 3.8) is 0 Å². The predicted molar refractivity (Wildman–Crippen MR) is 146 cm³/mol. The molecule has 0 bridgehead atoms. The highest BCUT2D eigenvalue weighted by Crippen LogP contribution is 2.43. The summed E-state index contributed by atoms with van der Waals surface area (Å²) in [5.41, 5.74) is 2.74. The lowest BCUT2D eigenvalue weighted by Gasteiger charge is -2.47. The van der Waals surface area contributed by atoms with Crippen LogP contribution in [0.3, 0.4) is 0 Å². The van der Waals surface area contributed by atoms with Crippen LogP contribution in [0.4, 0.5) is 5.69 Å². The highest BCUT2D eigenvalue weighted by molar-refractivity contribution is 6.36. The molecule has 35 heavy (non-hydrogen) atoms. The number of halogens is 3. The van der Waals surface area contributed by atoms with Gasteiger partial charge in [0.25, 0.3) is 0 Å². The largest absolute Gasteiger partial charge is 0.360 e. The van der Waals surface area contributed by atoms with Crippen LogP contribution in [0.1, 0.15) is 49.3 Å². The lowest BCUT2D eigenvalue weighted by Crippen LogP contribution is -2.56. The van der Waals surface area contributed by atoms with E-state index in [4.69, 9.17) is 34.8 Å². The number of carbonyl (C=O) groups is 1. The standard InChI is InChI=1S/C29H29Cl3N2O/c30-23-11-9-21(10-12-23)27-20-33(17-18-34(27)26-14-13-24(31)19-25(26)32)28(35)29(15-5-2-6-16-29)22-7-3-1-4-8-22/h1,3-4,7-14,19,27H,2,5-6,15-18,20H2. The SMILES string of the molecule is O=C(N1CCN(c2ccc(Cl)cc2Cl)C(c2ccc(Cl)cc2)C1)C1(c2ccccc2)CCCCC1. The molecule has 1 atom stereocenters. The van der Waals surface area contributed by atoms with Crippen molar-refractivity contribution in [3.8, 4) is 0 Å². The molecule has 0 radical (unpaired) electrons. The van der Waals surface area contributed by atoms with E-state index in [1.54, 1.807) is 6.07 Å². The van der Waals surface area contributed by atoms with Crippen molar-refractivity contribution in [2.75, 3.05) is 24.5 Å². The molecule has 1 saturated heterocycles. The average molecular weight is 528 g/mol. The van der Waals surface area contributed by atoms with E-state index in [-0.39, 0.29) is 11.9 Å². The van der Waals surface area contributed by atoms with E-state index in [9.17, 15) is 4.79 Å². The second kappa shape index (κ2) is 10.4. The summed E-state index contributed by atoms with van der Waals surface area (Å²) in [4.78, 5) is 18.7. The summed E-state index contributed by atoms with van der Waals surface area (Å²) >= 11 is 19.0. The molecule has 5 rings (SSSR count). The number of benzene rings is 3. The first-order valence-electron chi connectivity index (χ1n) is 12.3. The predicted octanol–water partition coefficient (Wildman–Crippen LogP) is 7.94. The molecule has 3 aromatic rings. The minimum Gasteiger partial charge on any atom is -0.360 e. The third kappa shape index (κ3) is 4.91. The van der Waals surface area contributed by atoms with E-state index in [0.29, 0.717) is 34.7 Å². The van der Waals surface area contributed by atoms with E-state index < -0.39 is 5.41 Å². The molecule has 1 aliphatic heterocycles. The number of rotatable bonds is 4. The summed E-state index contributed by atoms with van der Waals surface area (Å²) in [6.07, 6.45) is 5.18. The Morgan fingerprint density at radius 1 is 0.800 bits per heavy atom. The van der Waals surface area contributed by atoms with Crippen molar-refractivity contribution in [2.45, 2.75) is 43.6 Å². The smallest absolute Gasteiger partial charge is 0.233 e. The van der Waals surface area contributed by atoms with Gasteiger partial charge in [0.2, 0.25) is 5.91 Å². The van der Waals surface area contributed by atoms with E-state index in [0.717, 1.165) is 42.5 Å². The lowest BCUT2D eigenvalue weighted by molar-refractivity contribution is -0.139. The van der Waals surface area contributed by atoms with Gasteiger partial charge in [-0.2, -0.15) is 0 Å². The fourth-order valence-corrected chi connectivity index (χ4v) is 6.42. The highest BCUT2D eigenvalue weighted by Gasteiger charge is 2.45. The monoisotopic (exact) mass is 526 g/mol. The molecule has 0 spiro atoms. The third-order valence-electron chi connectivity index (χ3n) is 7.58. The van der Waals surface area contributed by atoms with Gasteiger partial charge >= 0.3 is 0 Å². The molecule has 0 N–H and O–H groups in total. The van der Waals surface area contributed by atoms with E-state index >= 15 is 0 Å². The van der Waals surface area contributed by atoms with Gasteiger partial charge in [0.05, 0.1) is 22.2 Å². The summed E-state index contributed by atoms with van der Waals surface area (Å²) in [7, 11) is 0. The number of carbonyl (C=O) groups excluding carboxylic acids is 1. The minimum atomic E-state index is -0.440. The highest BCUT2D eigenvalue weighted by atomic mass is 35.5. The van der Waals surface area contributed by atoms with Crippen LogP contribution >= 0.6 is 34.8 Å². The first-order chi connectivity index (χ1) is 17.0. The molecule has 1 amide bonds. The first kappa shape index (κ1) is 24.5. The van der Waals surface area contributed by atoms with Gasteiger partial charge in [-0.25, -0.2) is 0 Å². The van der Waals surface area contributed by atoms with Gasteiger partial charge in [0, 0.05) is 29.7 Å². The molecule has 1 heterocycles. The molecule has 6 heteroatoms. The Morgan fingerprint density at radius 3 is 2.17 bits per heavy atom. The second-order valence-corrected chi connectivity index (χ2v) is 10.9. The minimum absolute atomic E-state index is 0.0416. The molecule has 1 aliphatic carbocycles. The number of hydrogen-bond acceptors (Lipinski definition) is 2. The van der Waals surface area contributed by atoms with Gasteiger partial charge in [0.1, 0.15) is 0 Å². The van der Waals surface area contributed by atoms with Gasteiger partial charge in [-0.15, -0.1) is 0 Å². The zero-order chi connectivity index (χ0) is 24.4. The maximum absolute atomic E-state index is 14.3. The summed E-state index contributed by atoms with van der Waals surface area (Å²) in [6.45, 7) is 1.93. The molecule has 2 aliphatic rings. The summed E-state index contributed by atoms with van der Waals surface area (Å²) in [5.74, 6) is 0.254. The summed E-state index contributed by atoms with van der Waals surface area (Å²) < 4.78 is 0. The number of anilines is 1. The van der Waals surface area contributed by atoms with Crippen molar-refractivity contribution in [1.82, 2.24) is 4.90 Å². The fraction of sp³-hybridized carbons (Fsp3) is 0.345. The lowest BCUT2D eigenvalue weighted by atomic mass is 9.68. The van der Waals surface area contributed by atoms with Gasteiger partial charge in [-0.3, -0.25) is 4.79 Å². The van der Waals surface area contributed by atoms with Crippen molar-refractivity contribution < 1.29 is 4.79 Å². The number of hydrogen-bond donors (Lipinski definition) is 0. The Morgan fingerprint density at radius 2 is 1.49 bits per heavy atom. The number of piperazine rings is 1. The molecule has 2 fully saturated rings. The Kier molecular flexibility index (Phi) is 7.29. The van der Waals surface area contributed by atoms with Crippen molar-refractivity contribution in [2.24, 2.45) is 0 Å². The molecular weight excluding hydrogens is 499 g/mol. The van der Waals surface area contributed by atoms with Crippen LogP contribution < -0.4 is 4.90 Å². The molecule has 3 nitrogen and oxygen atoms in total. The van der Waals surface area contributed by atoms with Crippen LogP contribution in [0.15, 0.2) is 72.8 Å². The molecule has 1 saturated carbocycles. The Hall–Kier alpha value is -2.20. The van der Waals surface area contributed by atoms with Crippen LogP contribution in [0.2, 0.25) is 15.1 Å². The van der Waals surface area contributed by atoms with Crippen LogP contribution in [0, 0.1) is 0 Å². The van der Waals surface area contributed by atoms with Crippen molar-refractivity contribution in [1.29, 1.82) is 0 Å². The molecule has 1 unspecified atom stereocenters. The van der Waals surface area contributed by atoms with Crippen molar-refractivity contribution >= 4 is 46.4 Å². The summed E-state index contributed by atoms with van der Waals surface area (Å²) in [6, 6.07) is 23.9. The number of amides is 1. The second-order valence-electron chi connectivity index (χ2n) is 9.62. The first-order valence-corrected chi connectivity index (χ1v) is 13.4. The van der Waals surface area contributed by atoms with Crippen LogP contribution in [0.5, 0.6) is 0 Å². The van der Waals surface area contributed by atoms with E-state index in [2.05, 4.69) is 34.1 Å². The topological polar surface area (TPSA) is 23.6 Å². The third-order valence-corrected chi connectivity index (χ3v) is 8.37. The maximum Gasteiger partial charge on any atom is 0.233 e. The van der Waals surface area contributed by atoms with Crippen molar-refractivity contribution in [3.05, 3.63) is 99.0 Å². The molecule has 0 aromatic heterocycles. The van der Waals surface area contributed by atoms with Crippen LogP contribution in [-0.4, -0.2) is 30.4 Å². The Labute approximate surface area is 222 Å². The number of nitrogens with zero attached hydrogens (tertiary/aromatic N) is 2. The zero-order valence-corrected chi connectivity index (χ0v) is 21.9. The van der Waals surface area contributed by atoms with Gasteiger partial charge < -0.3 is 9.80 Å². The van der Waals surface area contributed by atoms with Gasteiger partial charge in [0.15, 0.2) is 0 Å². The van der Waals surface area contributed by atoms with Gasteiger partial charge in [-0.05, 0) is 54.3 Å². The fourth-order valence-electron chi connectivity index (χ4n) is 5.78. The van der Waals surface area contributed by atoms with Gasteiger partial charge in [-0.1, -0.05) is 96.5 Å². The Bertz CT molecular complexity index is 1180. The molecule has 182 valence electrons. The normalized spacial score (nSPS) is 20.0. The summed E-state index contributed by atoms with van der Waals surface area (Å²) in [5, 5.41) is 1.92. The van der Waals surface area contributed by atoms with Crippen LogP contribution in [-0.2, 0) is 10.2 Å². The maximum atomic E-state index is 14.3. The van der Waals surface area contributed by atoms with E-state index in [1.807, 2.05) is 42.5 Å². The Balaban J connectivity index is 1.50. The zero-order valence-electron chi connectivity index (χ0n) is 19.6. The van der Waals surface area contributed by atoms with E-state index in [1.165, 1.54) is 6.42 Å². The van der Waals surface area contributed by atoms with Crippen LogP contribution in [0.25, 0.3) is 0 Å².